The van der Waals surface area contributed by atoms with Crippen molar-refractivity contribution in [2.45, 2.75) is 0 Å². The molecule has 84 valence electrons. The molecule has 3 aromatic rings. The SMILES string of the molecule is Nc1ccc(/C=C/c2nc3ccccc3o2)o1. The van der Waals surface area contributed by atoms with Crippen LogP contribution in [0, 0.1) is 0 Å². The quantitative estimate of drug-likeness (QED) is 0.728. The molecule has 4 heteroatoms. The molecule has 17 heavy (non-hydrogen) atoms. The second-order valence-corrected chi connectivity index (χ2v) is 3.59. The summed E-state index contributed by atoms with van der Waals surface area (Å²) in [6, 6.07) is 11.1. The lowest BCUT2D eigenvalue weighted by atomic mass is 10.3. The Bertz CT molecular complexity index is 646. The Morgan fingerprint density at radius 1 is 1.00 bits per heavy atom. The number of para-hydroxylation sites is 2. The van der Waals surface area contributed by atoms with Crippen LogP contribution in [0.15, 0.2) is 45.2 Å². The lowest BCUT2D eigenvalue weighted by Gasteiger charge is -1.83. The predicted molar refractivity (Wildman–Crippen MR) is 66.1 cm³/mol. The zero-order chi connectivity index (χ0) is 11.7. The number of rotatable bonds is 2. The maximum atomic E-state index is 5.53. The Labute approximate surface area is 97.4 Å². The molecule has 0 saturated carbocycles. The highest BCUT2D eigenvalue weighted by molar-refractivity contribution is 5.75. The molecule has 0 aliphatic heterocycles. The number of furan rings is 1. The van der Waals surface area contributed by atoms with Gasteiger partial charge < -0.3 is 14.6 Å². The van der Waals surface area contributed by atoms with E-state index in [0.717, 1.165) is 11.1 Å². The normalized spacial score (nSPS) is 11.5. The number of benzene rings is 1. The van der Waals surface area contributed by atoms with Gasteiger partial charge in [0.15, 0.2) is 11.5 Å². The maximum absolute atomic E-state index is 5.53. The number of hydrogen-bond donors (Lipinski definition) is 1. The topological polar surface area (TPSA) is 65.2 Å². The molecule has 0 aliphatic rings. The molecule has 4 nitrogen and oxygen atoms in total. The molecule has 0 spiro atoms. The summed E-state index contributed by atoms with van der Waals surface area (Å²) < 4.78 is 10.7. The van der Waals surface area contributed by atoms with Gasteiger partial charge in [-0.25, -0.2) is 4.98 Å². The van der Waals surface area contributed by atoms with Gasteiger partial charge in [0.2, 0.25) is 5.89 Å². The van der Waals surface area contributed by atoms with Gasteiger partial charge in [-0.05, 0) is 24.3 Å². The van der Waals surface area contributed by atoms with Crippen LogP contribution in [0.25, 0.3) is 23.3 Å². The smallest absolute Gasteiger partial charge is 0.220 e. The molecule has 0 saturated heterocycles. The molecule has 0 bridgehead atoms. The number of nitrogens with two attached hydrogens (primary N) is 1. The van der Waals surface area contributed by atoms with Gasteiger partial charge in [0.25, 0.3) is 0 Å². The second kappa shape index (κ2) is 3.83. The summed E-state index contributed by atoms with van der Waals surface area (Å²) in [4.78, 5) is 4.31. The highest BCUT2D eigenvalue weighted by Gasteiger charge is 2.01. The Kier molecular flexibility index (Phi) is 2.19. The van der Waals surface area contributed by atoms with Gasteiger partial charge in [-0.15, -0.1) is 0 Å². The van der Waals surface area contributed by atoms with Gasteiger partial charge in [0.1, 0.15) is 11.3 Å². The standard InChI is InChI=1S/C13H10N2O2/c14-12-7-5-9(16-12)6-8-13-15-10-3-1-2-4-11(10)17-13/h1-8H,14H2/b8-6+. The number of anilines is 1. The fraction of sp³-hybridized carbons (Fsp3) is 0. The molecule has 3 rings (SSSR count). The lowest BCUT2D eigenvalue weighted by Crippen LogP contribution is -1.75. The molecule has 0 fully saturated rings. The molecule has 2 N–H and O–H groups in total. The van der Waals surface area contributed by atoms with E-state index in [4.69, 9.17) is 14.6 Å². The fourth-order valence-corrected chi connectivity index (χ4v) is 1.57. The van der Waals surface area contributed by atoms with E-state index in [2.05, 4.69) is 4.98 Å². The molecule has 2 aromatic heterocycles. The average Bonchev–Trinajstić information content (AvgIpc) is 2.91. The Hall–Kier alpha value is -2.49. The van der Waals surface area contributed by atoms with Gasteiger partial charge in [0.05, 0.1) is 0 Å². The molecule has 0 atom stereocenters. The van der Waals surface area contributed by atoms with Crippen molar-refractivity contribution in [2.24, 2.45) is 0 Å². The number of nitrogen functional groups attached to an aromatic ring is 1. The van der Waals surface area contributed by atoms with E-state index < -0.39 is 0 Å². The Balaban J connectivity index is 1.92. The van der Waals surface area contributed by atoms with E-state index >= 15 is 0 Å². The third kappa shape index (κ3) is 1.92. The van der Waals surface area contributed by atoms with Crippen molar-refractivity contribution >= 4 is 29.1 Å². The van der Waals surface area contributed by atoms with Crippen molar-refractivity contribution in [1.82, 2.24) is 4.98 Å². The summed E-state index contributed by atoms with van der Waals surface area (Å²) in [6.45, 7) is 0. The first-order chi connectivity index (χ1) is 8.31. The highest BCUT2D eigenvalue weighted by atomic mass is 16.4. The molecular formula is C13H10N2O2. The summed E-state index contributed by atoms with van der Waals surface area (Å²) in [7, 11) is 0. The lowest BCUT2D eigenvalue weighted by molar-refractivity contribution is 0.575. The van der Waals surface area contributed by atoms with Gasteiger partial charge in [-0.3, -0.25) is 0 Å². The minimum absolute atomic E-state index is 0.391. The first-order valence-corrected chi connectivity index (χ1v) is 5.20. The van der Waals surface area contributed by atoms with Gasteiger partial charge in [-0.1, -0.05) is 12.1 Å². The van der Waals surface area contributed by atoms with Crippen molar-refractivity contribution in [2.75, 3.05) is 5.73 Å². The summed E-state index contributed by atoms with van der Waals surface area (Å²) in [5.74, 6) is 1.60. The summed E-state index contributed by atoms with van der Waals surface area (Å²) in [5, 5.41) is 0. The summed E-state index contributed by atoms with van der Waals surface area (Å²) in [5.41, 5.74) is 7.08. The summed E-state index contributed by atoms with van der Waals surface area (Å²) in [6.07, 6.45) is 3.51. The van der Waals surface area contributed by atoms with Crippen molar-refractivity contribution in [1.29, 1.82) is 0 Å². The minimum Gasteiger partial charge on any atom is -0.442 e. The Morgan fingerprint density at radius 2 is 1.88 bits per heavy atom. The third-order valence-corrected chi connectivity index (χ3v) is 2.35. The van der Waals surface area contributed by atoms with Crippen LogP contribution in [0.4, 0.5) is 5.88 Å². The van der Waals surface area contributed by atoms with Crippen molar-refractivity contribution in [3.05, 3.63) is 48.0 Å². The fourth-order valence-electron chi connectivity index (χ4n) is 1.57. The number of aromatic nitrogens is 1. The molecule has 1 aromatic carbocycles. The zero-order valence-electron chi connectivity index (χ0n) is 8.96. The van der Waals surface area contributed by atoms with Crippen LogP contribution < -0.4 is 5.73 Å². The molecule has 0 unspecified atom stereocenters. The molecule has 0 aliphatic carbocycles. The molecule has 2 heterocycles. The van der Waals surface area contributed by atoms with Crippen molar-refractivity contribution < 1.29 is 8.83 Å². The van der Waals surface area contributed by atoms with E-state index in [0.29, 0.717) is 17.5 Å². The van der Waals surface area contributed by atoms with Gasteiger partial charge in [0, 0.05) is 12.1 Å². The van der Waals surface area contributed by atoms with E-state index in [1.54, 1.807) is 24.3 Å². The van der Waals surface area contributed by atoms with Crippen LogP contribution in [0.5, 0.6) is 0 Å². The predicted octanol–water partition coefficient (Wildman–Crippen LogP) is 3.17. The maximum Gasteiger partial charge on any atom is 0.220 e. The highest BCUT2D eigenvalue weighted by Crippen LogP contribution is 2.17. The van der Waals surface area contributed by atoms with Crippen LogP contribution in [0.2, 0.25) is 0 Å². The van der Waals surface area contributed by atoms with E-state index in [-0.39, 0.29) is 0 Å². The second-order valence-electron chi connectivity index (χ2n) is 3.59. The molecular weight excluding hydrogens is 216 g/mol. The van der Waals surface area contributed by atoms with Crippen LogP contribution in [0.3, 0.4) is 0 Å². The first kappa shape index (κ1) is 9.72. The molecule has 0 radical (unpaired) electrons. The number of hydrogen-bond acceptors (Lipinski definition) is 4. The number of fused-ring (bicyclic) bond motifs is 1. The van der Waals surface area contributed by atoms with Crippen LogP contribution in [-0.2, 0) is 0 Å². The largest absolute Gasteiger partial charge is 0.442 e. The minimum atomic E-state index is 0.391. The monoisotopic (exact) mass is 226 g/mol. The summed E-state index contributed by atoms with van der Waals surface area (Å²) >= 11 is 0. The Morgan fingerprint density at radius 3 is 2.65 bits per heavy atom. The van der Waals surface area contributed by atoms with E-state index in [1.165, 1.54) is 0 Å². The van der Waals surface area contributed by atoms with Crippen LogP contribution in [0.1, 0.15) is 11.7 Å². The third-order valence-electron chi connectivity index (χ3n) is 2.35. The number of oxazole rings is 1. The number of nitrogens with zero attached hydrogens (tertiary/aromatic N) is 1. The van der Waals surface area contributed by atoms with Crippen molar-refractivity contribution in [3.63, 3.8) is 0 Å². The first-order valence-electron chi connectivity index (χ1n) is 5.20. The van der Waals surface area contributed by atoms with Crippen LogP contribution >= 0.6 is 0 Å². The van der Waals surface area contributed by atoms with Gasteiger partial charge >= 0.3 is 0 Å². The van der Waals surface area contributed by atoms with Crippen molar-refractivity contribution in [3.8, 4) is 0 Å². The average molecular weight is 226 g/mol. The van der Waals surface area contributed by atoms with E-state index in [9.17, 15) is 0 Å². The van der Waals surface area contributed by atoms with Crippen LogP contribution in [-0.4, -0.2) is 4.98 Å². The zero-order valence-corrected chi connectivity index (χ0v) is 8.96. The van der Waals surface area contributed by atoms with E-state index in [1.807, 2.05) is 24.3 Å². The van der Waals surface area contributed by atoms with Gasteiger partial charge in [-0.2, -0.15) is 0 Å². The molecule has 0 amide bonds.